The van der Waals surface area contributed by atoms with Gasteiger partial charge in [0.25, 0.3) is 0 Å². The maximum absolute atomic E-state index is 12.2. The van der Waals surface area contributed by atoms with E-state index < -0.39 is 0 Å². The third-order valence-corrected chi connectivity index (χ3v) is 3.41. The Hall–Kier alpha value is -1.42. The van der Waals surface area contributed by atoms with Crippen molar-refractivity contribution in [2.24, 2.45) is 0 Å². The maximum Gasteiger partial charge on any atom is 0.159 e. The number of hydrogen-bond acceptors (Lipinski definition) is 3. The van der Waals surface area contributed by atoms with E-state index in [2.05, 4.69) is 9.80 Å². The zero-order chi connectivity index (χ0) is 13.0. The second-order valence-corrected chi connectivity index (χ2v) is 4.62. The lowest BCUT2D eigenvalue weighted by Gasteiger charge is -2.35. The second-order valence-electron chi connectivity index (χ2n) is 4.62. The SMILES string of the molecule is CC(=O)c1ccc(N2CCN(CCF)CC2)cc1. The predicted molar refractivity (Wildman–Crippen MR) is 71.1 cm³/mol. The minimum Gasteiger partial charge on any atom is -0.369 e. The Labute approximate surface area is 107 Å². The molecule has 0 atom stereocenters. The molecule has 3 nitrogen and oxygen atoms in total. The summed E-state index contributed by atoms with van der Waals surface area (Å²) in [6.07, 6.45) is 0. The quantitative estimate of drug-likeness (QED) is 0.763. The molecule has 1 aliphatic heterocycles. The molecule has 1 aromatic carbocycles. The number of anilines is 1. The Bertz CT molecular complexity index is 397. The first-order chi connectivity index (χ1) is 8.70. The van der Waals surface area contributed by atoms with E-state index in [1.165, 1.54) is 0 Å². The van der Waals surface area contributed by atoms with E-state index in [9.17, 15) is 9.18 Å². The first-order valence-corrected chi connectivity index (χ1v) is 6.35. The monoisotopic (exact) mass is 250 g/mol. The third-order valence-electron chi connectivity index (χ3n) is 3.41. The Balaban J connectivity index is 1.95. The number of halogens is 1. The van der Waals surface area contributed by atoms with Crippen molar-refractivity contribution in [3.63, 3.8) is 0 Å². The van der Waals surface area contributed by atoms with Gasteiger partial charge in [-0.05, 0) is 31.2 Å². The molecule has 1 fully saturated rings. The molecule has 0 radical (unpaired) electrons. The molecule has 98 valence electrons. The minimum atomic E-state index is -0.271. The Morgan fingerprint density at radius 3 is 2.28 bits per heavy atom. The summed E-state index contributed by atoms with van der Waals surface area (Å²) in [5.74, 6) is 0.0920. The molecule has 0 N–H and O–H groups in total. The Morgan fingerprint density at radius 2 is 1.78 bits per heavy atom. The van der Waals surface area contributed by atoms with E-state index in [-0.39, 0.29) is 12.5 Å². The summed E-state index contributed by atoms with van der Waals surface area (Å²) in [5.41, 5.74) is 1.88. The highest BCUT2D eigenvalue weighted by Crippen LogP contribution is 2.17. The molecule has 0 spiro atoms. The number of alkyl halides is 1. The van der Waals surface area contributed by atoms with Crippen LogP contribution in [0.3, 0.4) is 0 Å². The molecular formula is C14H19FN2O. The first kappa shape index (κ1) is 13.0. The highest BCUT2D eigenvalue weighted by atomic mass is 19.1. The molecule has 1 aliphatic rings. The maximum atomic E-state index is 12.2. The molecule has 1 aromatic rings. The van der Waals surface area contributed by atoms with Gasteiger partial charge >= 0.3 is 0 Å². The highest BCUT2D eigenvalue weighted by Gasteiger charge is 2.16. The van der Waals surface area contributed by atoms with Crippen LogP contribution in [-0.4, -0.2) is 50.1 Å². The molecule has 1 heterocycles. The molecule has 0 bridgehead atoms. The van der Waals surface area contributed by atoms with Gasteiger partial charge < -0.3 is 4.90 Å². The van der Waals surface area contributed by atoms with Crippen LogP contribution in [0.4, 0.5) is 10.1 Å². The van der Waals surface area contributed by atoms with Crippen molar-refractivity contribution < 1.29 is 9.18 Å². The number of hydrogen-bond donors (Lipinski definition) is 0. The molecule has 0 aromatic heterocycles. The van der Waals surface area contributed by atoms with Gasteiger partial charge in [0.2, 0.25) is 0 Å². The molecule has 18 heavy (non-hydrogen) atoms. The van der Waals surface area contributed by atoms with Crippen LogP contribution >= 0.6 is 0 Å². The van der Waals surface area contributed by atoms with Gasteiger partial charge in [0.15, 0.2) is 5.78 Å². The number of Topliss-reactive ketones (excluding diaryl/α,β-unsaturated/α-hetero) is 1. The van der Waals surface area contributed by atoms with Crippen LogP contribution in [0.15, 0.2) is 24.3 Å². The van der Waals surface area contributed by atoms with Crippen molar-refractivity contribution in [2.45, 2.75) is 6.92 Å². The predicted octanol–water partition coefficient (Wildman–Crippen LogP) is 1.98. The average molecular weight is 250 g/mol. The Kier molecular flexibility index (Phi) is 4.31. The normalized spacial score (nSPS) is 16.9. The van der Waals surface area contributed by atoms with Gasteiger partial charge in [-0.3, -0.25) is 9.69 Å². The van der Waals surface area contributed by atoms with E-state index in [1.54, 1.807) is 6.92 Å². The van der Waals surface area contributed by atoms with Crippen molar-refractivity contribution in [3.8, 4) is 0 Å². The summed E-state index contributed by atoms with van der Waals surface area (Å²) >= 11 is 0. The number of piperazine rings is 1. The van der Waals surface area contributed by atoms with Gasteiger partial charge in [-0.15, -0.1) is 0 Å². The lowest BCUT2D eigenvalue weighted by Crippen LogP contribution is -2.47. The lowest BCUT2D eigenvalue weighted by molar-refractivity contribution is 0.101. The van der Waals surface area contributed by atoms with Gasteiger partial charge in [0.1, 0.15) is 6.67 Å². The van der Waals surface area contributed by atoms with E-state index in [0.717, 1.165) is 37.4 Å². The van der Waals surface area contributed by atoms with Crippen molar-refractivity contribution in [1.82, 2.24) is 4.90 Å². The third kappa shape index (κ3) is 3.07. The van der Waals surface area contributed by atoms with Crippen molar-refractivity contribution in [3.05, 3.63) is 29.8 Å². The van der Waals surface area contributed by atoms with Crippen molar-refractivity contribution in [2.75, 3.05) is 44.3 Å². The highest BCUT2D eigenvalue weighted by molar-refractivity contribution is 5.94. The number of carbonyl (C=O) groups is 1. The second kappa shape index (κ2) is 5.96. The van der Waals surface area contributed by atoms with Crippen LogP contribution in [0.5, 0.6) is 0 Å². The summed E-state index contributed by atoms with van der Waals surface area (Å²) in [6, 6.07) is 7.71. The molecular weight excluding hydrogens is 231 g/mol. The number of nitrogens with zero attached hydrogens (tertiary/aromatic N) is 2. The topological polar surface area (TPSA) is 23.6 Å². The number of rotatable bonds is 4. The summed E-state index contributed by atoms with van der Waals surface area (Å²) in [7, 11) is 0. The molecule has 0 aliphatic carbocycles. The Morgan fingerprint density at radius 1 is 1.17 bits per heavy atom. The van der Waals surface area contributed by atoms with Crippen LogP contribution < -0.4 is 4.90 Å². The van der Waals surface area contributed by atoms with Gasteiger partial charge in [-0.1, -0.05) is 0 Å². The van der Waals surface area contributed by atoms with E-state index >= 15 is 0 Å². The minimum absolute atomic E-state index is 0.0920. The summed E-state index contributed by atoms with van der Waals surface area (Å²) in [4.78, 5) is 15.6. The lowest BCUT2D eigenvalue weighted by atomic mass is 10.1. The summed E-state index contributed by atoms with van der Waals surface area (Å²) in [5, 5.41) is 0. The smallest absolute Gasteiger partial charge is 0.159 e. The van der Waals surface area contributed by atoms with Crippen LogP contribution in [0.25, 0.3) is 0 Å². The van der Waals surface area contributed by atoms with E-state index in [0.29, 0.717) is 6.54 Å². The van der Waals surface area contributed by atoms with Crippen molar-refractivity contribution >= 4 is 11.5 Å². The van der Waals surface area contributed by atoms with Gasteiger partial charge in [-0.2, -0.15) is 0 Å². The molecule has 0 saturated carbocycles. The average Bonchev–Trinajstić information content (AvgIpc) is 2.40. The first-order valence-electron chi connectivity index (χ1n) is 6.35. The fourth-order valence-electron chi connectivity index (χ4n) is 2.26. The van der Waals surface area contributed by atoms with Crippen LogP contribution in [0, 0.1) is 0 Å². The molecule has 1 saturated heterocycles. The molecule has 0 amide bonds. The number of carbonyl (C=O) groups excluding carboxylic acids is 1. The van der Waals surface area contributed by atoms with Crippen molar-refractivity contribution in [1.29, 1.82) is 0 Å². The molecule has 0 unspecified atom stereocenters. The zero-order valence-electron chi connectivity index (χ0n) is 10.7. The van der Waals surface area contributed by atoms with Gasteiger partial charge in [-0.25, -0.2) is 4.39 Å². The zero-order valence-corrected chi connectivity index (χ0v) is 10.7. The summed E-state index contributed by atoms with van der Waals surface area (Å²) < 4.78 is 12.2. The molecule has 4 heteroatoms. The standard InChI is InChI=1S/C14H19FN2O/c1-12(18)13-2-4-14(5-3-13)17-10-8-16(7-6-15)9-11-17/h2-5H,6-11H2,1H3. The van der Waals surface area contributed by atoms with Gasteiger partial charge in [0, 0.05) is 44.0 Å². The van der Waals surface area contributed by atoms with Gasteiger partial charge in [0.05, 0.1) is 0 Å². The molecule has 2 rings (SSSR count). The van der Waals surface area contributed by atoms with Crippen LogP contribution in [-0.2, 0) is 0 Å². The largest absolute Gasteiger partial charge is 0.369 e. The fraction of sp³-hybridized carbons (Fsp3) is 0.500. The van der Waals surface area contributed by atoms with Crippen LogP contribution in [0.2, 0.25) is 0 Å². The van der Waals surface area contributed by atoms with E-state index in [4.69, 9.17) is 0 Å². The van der Waals surface area contributed by atoms with E-state index in [1.807, 2.05) is 24.3 Å². The number of ketones is 1. The summed E-state index contributed by atoms with van der Waals surface area (Å²) in [6.45, 7) is 5.48. The number of benzene rings is 1. The fourth-order valence-corrected chi connectivity index (χ4v) is 2.26. The van der Waals surface area contributed by atoms with Crippen LogP contribution in [0.1, 0.15) is 17.3 Å².